The van der Waals surface area contributed by atoms with Crippen molar-refractivity contribution < 1.29 is 4.42 Å². The van der Waals surface area contributed by atoms with Crippen molar-refractivity contribution in [1.29, 1.82) is 0 Å². The third-order valence-electron chi connectivity index (χ3n) is 2.85. The molecule has 3 rings (SSSR count). The molecule has 3 N–H and O–H groups in total. The van der Waals surface area contributed by atoms with Gasteiger partial charge in [0.25, 0.3) is 0 Å². The number of rotatable bonds is 4. The molecule has 2 heterocycles. The molecule has 0 aliphatic carbocycles. The number of hydrogen-bond acceptors (Lipinski definition) is 7. The Labute approximate surface area is 125 Å². The van der Waals surface area contributed by atoms with Crippen molar-refractivity contribution in [1.82, 2.24) is 25.4 Å². The number of nitrogen functional groups attached to an aromatic ring is 1. The molecule has 0 fully saturated rings. The molecular formula is C13H14N6OS. The largest absolute Gasteiger partial charge is 0.419 e. The Morgan fingerprint density at radius 2 is 2.00 bits per heavy atom. The molecule has 2 aromatic heterocycles. The summed E-state index contributed by atoms with van der Waals surface area (Å²) in [6.45, 7) is 3.98. The summed E-state index contributed by atoms with van der Waals surface area (Å²) in [5, 5.41) is 15.2. The van der Waals surface area contributed by atoms with Gasteiger partial charge in [-0.1, -0.05) is 29.5 Å². The molecule has 0 spiro atoms. The van der Waals surface area contributed by atoms with Crippen LogP contribution in [0.3, 0.4) is 0 Å². The van der Waals surface area contributed by atoms with Gasteiger partial charge in [0.2, 0.25) is 22.9 Å². The first-order valence-electron chi connectivity index (χ1n) is 6.37. The van der Waals surface area contributed by atoms with E-state index >= 15 is 0 Å². The molecule has 3 aromatic rings. The van der Waals surface area contributed by atoms with Crippen LogP contribution in [0, 0.1) is 6.92 Å². The van der Waals surface area contributed by atoms with Gasteiger partial charge in [0.15, 0.2) is 0 Å². The molecule has 0 saturated heterocycles. The molecule has 0 radical (unpaired) electrons. The number of nitrogens with one attached hydrogen (secondary N) is 1. The Morgan fingerprint density at radius 1 is 1.24 bits per heavy atom. The number of H-pyrrole nitrogens is 1. The van der Waals surface area contributed by atoms with Crippen LogP contribution in [0.2, 0.25) is 0 Å². The SMILES string of the molecule is Cc1ccc(-c2nnc([C@H](C)Sc3n[nH]c(N)n3)o2)cc1. The second kappa shape index (κ2) is 5.57. The fourth-order valence-electron chi connectivity index (χ4n) is 1.73. The zero-order valence-corrected chi connectivity index (χ0v) is 12.4. The second-order valence-electron chi connectivity index (χ2n) is 4.57. The van der Waals surface area contributed by atoms with Crippen molar-refractivity contribution in [3.05, 3.63) is 35.7 Å². The first-order valence-corrected chi connectivity index (χ1v) is 7.25. The molecular weight excluding hydrogens is 288 g/mol. The summed E-state index contributed by atoms with van der Waals surface area (Å²) < 4.78 is 5.71. The standard InChI is InChI=1S/C13H14N6OS/c1-7-3-5-9(6-4-7)11-17-16-10(20-11)8(2)21-13-15-12(14)18-19-13/h3-6,8H,1-2H3,(H3,14,15,18,19)/t8-/m0/s1. The predicted octanol–water partition coefficient (Wildman–Crippen LogP) is 2.60. The zero-order valence-electron chi connectivity index (χ0n) is 11.6. The van der Waals surface area contributed by atoms with Gasteiger partial charge >= 0.3 is 0 Å². The molecule has 0 aliphatic rings. The summed E-state index contributed by atoms with van der Waals surface area (Å²) in [5.41, 5.74) is 7.58. The number of thioether (sulfide) groups is 1. The van der Waals surface area contributed by atoms with Gasteiger partial charge in [-0.25, -0.2) is 5.10 Å². The van der Waals surface area contributed by atoms with E-state index in [9.17, 15) is 0 Å². The van der Waals surface area contributed by atoms with E-state index in [0.717, 1.165) is 5.56 Å². The summed E-state index contributed by atoms with van der Waals surface area (Å²) in [4.78, 5) is 4.04. The lowest BCUT2D eigenvalue weighted by atomic mass is 10.1. The van der Waals surface area contributed by atoms with Crippen molar-refractivity contribution in [2.75, 3.05) is 5.73 Å². The summed E-state index contributed by atoms with van der Waals surface area (Å²) in [6.07, 6.45) is 0. The molecule has 0 amide bonds. The van der Waals surface area contributed by atoms with Gasteiger partial charge in [0.05, 0.1) is 5.25 Å². The van der Waals surface area contributed by atoms with Crippen LogP contribution < -0.4 is 5.73 Å². The first-order chi connectivity index (χ1) is 10.1. The van der Waals surface area contributed by atoms with E-state index in [4.69, 9.17) is 10.2 Å². The van der Waals surface area contributed by atoms with Crippen molar-refractivity contribution in [3.8, 4) is 11.5 Å². The predicted molar refractivity (Wildman–Crippen MR) is 79.5 cm³/mol. The lowest BCUT2D eigenvalue weighted by Crippen LogP contribution is -1.90. The zero-order chi connectivity index (χ0) is 14.8. The Balaban J connectivity index is 1.76. The molecule has 0 aliphatic heterocycles. The van der Waals surface area contributed by atoms with Gasteiger partial charge < -0.3 is 10.2 Å². The van der Waals surface area contributed by atoms with Gasteiger partial charge in [-0.05, 0) is 26.0 Å². The highest BCUT2D eigenvalue weighted by Crippen LogP contribution is 2.33. The van der Waals surface area contributed by atoms with Gasteiger partial charge in [0.1, 0.15) is 0 Å². The second-order valence-corrected chi connectivity index (χ2v) is 5.88. The van der Waals surface area contributed by atoms with Gasteiger partial charge in [-0.2, -0.15) is 4.98 Å². The lowest BCUT2D eigenvalue weighted by Gasteiger charge is -2.02. The van der Waals surface area contributed by atoms with Crippen LogP contribution in [0.4, 0.5) is 5.95 Å². The number of benzene rings is 1. The fraction of sp³-hybridized carbons (Fsp3) is 0.231. The van der Waals surface area contributed by atoms with Crippen LogP contribution in [-0.2, 0) is 0 Å². The van der Waals surface area contributed by atoms with Crippen molar-refractivity contribution in [2.45, 2.75) is 24.3 Å². The average molecular weight is 302 g/mol. The Hall–Kier alpha value is -2.35. The monoisotopic (exact) mass is 302 g/mol. The van der Waals surface area contributed by atoms with E-state index in [1.807, 2.05) is 38.1 Å². The van der Waals surface area contributed by atoms with E-state index in [1.54, 1.807) is 0 Å². The number of aryl methyl sites for hydroxylation is 1. The van der Waals surface area contributed by atoms with Crippen molar-refractivity contribution >= 4 is 17.7 Å². The van der Waals surface area contributed by atoms with Crippen LogP contribution in [0.1, 0.15) is 23.6 Å². The van der Waals surface area contributed by atoms with Gasteiger partial charge in [-0.15, -0.1) is 15.3 Å². The maximum atomic E-state index is 5.71. The maximum Gasteiger partial charge on any atom is 0.247 e. The smallest absolute Gasteiger partial charge is 0.247 e. The van der Waals surface area contributed by atoms with E-state index in [0.29, 0.717) is 16.9 Å². The molecule has 1 aromatic carbocycles. The van der Waals surface area contributed by atoms with Crippen LogP contribution in [0.5, 0.6) is 0 Å². The number of hydrogen-bond donors (Lipinski definition) is 2. The van der Waals surface area contributed by atoms with E-state index in [1.165, 1.54) is 17.3 Å². The van der Waals surface area contributed by atoms with Gasteiger partial charge in [-0.3, -0.25) is 0 Å². The number of aromatic amines is 1. The molecule has 0 bridgehead atoms. The molecule has 1 atom stereocenters. The topological polar surface area (TPSA) is 107 Å². The molecule has 0 saturated carbocycles. The summed E-state index contributed by atoms with van der Waals surface area (Å²) in [7, 11) is 0. The van der Waals surface area contributed by atoms with E-state index in [2.05, 4.69) is 25.4 Å². The highest BCUT2D eigenvalue weighted by Gasteiger charge is 2.18. The van der Waals surface area contributed by atoms with Crippen LogP contribution in [0.25, 0.3) is 11.5 Å². The van der Waals surface area contributed by atoms with E-state index in [-0.39, 0.29) is 11.2 Å². The number of nitrogens with zero attached hydrogens (tertiary/aromatic N) is 4. The highest BCUT2D eigenvalue weighted by atomic mass is 32.2. The van der Waals surface area contributed by atoms with Crippen LogP contribution in [0.15, 0.2) is 33.8 Å². The Morgan fingerprint density at radius 3 is 2.67 bits per heavy atom. The molecule has 108 valence electrons. The minimum Gasteiger partial charge on any atom is -0.419 e. The molecule has 8 heteroatoms. The Kier molecular flexibility index (Phi) is 3.61. The van der Waals surface area contributed by atoms with Gasteiger partial charge in [0, 0.05) is 5.56 Å². The lowest BCUT2D eigenvalue weighted by molar-refractivity contribution is 0.509. The number of anilines is 1. The minimum atomic E-state index is -0.0631. The summed E-state index contributed by atoms with van der Waals surface area (Å²) >= 11 is 1.40. The number of aromatic nitrogens is 5. The molecule has 7 nitrogen and oxygen atoms in total. The van der Waals surface area contributed by atoms with Crippen LogP contribution in [-0.4, -0.2) is 25.4 Å². The third kappa shape index (κ3) is 3.05. The third-order valence-corrected chi connectivity index (χ3v) is 3.80. The Bertz CT molecular complexity index is 735. The quantitative estimate of drug-likeness (QED) is 0.713. The normalized spacial score (nSPS) is 12.5. The first kappa shape index (κ1) is 13.6. The van der Waals surface area contributed by atoms with Crippen molar-refractivity contribution in [3.63, 3.8) is 0 Å². The van der Waals surface area contributed by atoms with E-state index < -0.39 is 0 Å². The maximum absolute atomic E-state index is 5.71. The molecule has 0 unspecified atom stereocenters. The highest BCUT2D eigenvalue weighted by molar-refractivity contribution is 7.99. The fourth-order valence-corrected chi connectivity index (χ4v) is 2.49. The van der Waals surface area contributed by atoms with Crippen molar-refractivity contribution in [2.24, 2.45) is 0 Å². The molecule has 21 heavy (non-hydrogen) atoms. The number of nitrogens with two attached hydrogens (primary N) is 1. The summed E-state index contributed by atoms with van der Waals surface area (Å²) in [5.74, 6) is 1.32. The average Bonchev–Trinajstić information content (AvgIpc) is 3.09. The minimum absolute atomic E-state index is 0.0631. The summed E-state index contributed by atoms with van der Waals surface area (Å²) in [6, 6.07) is 7.93. The van der Waals surface area contributed by atoms with Crippen LogP contribution >= 0.6 is 11.8 Å².